The monoisotopic (exact) mass is 295 g/mol. The summed E-state index contributed by atoms with van der Waals surface area (Å²) in [5.74, 6) is -1.05. The summed E-state index contributed by atoms with van der Waals surface area (Å²) in [5.41, 5.74) is 1.32. The summed E-state index contributed by atoms with van der Waals surface area (Å²) in [6, 6.07) is 12.3. The van der Waals surface area contributed by atoms with Gasteiger partial charge in [0, 0.05) is 12.7 Å². The van der Waals surface area contributed by atoms with Crippen LogP contribution < -0.4 is 4.90 Å². The van der Waals surface area contributed by atoms with E-state index in [0.717, 1.165) is 5.69 Å². The molecule has 2 rings (SSSR count). The molecule has 0 aliphatic rings. The second kappa shape index (κ2) is 5.51. The molecule has 0 radical (unpaired) electrons. The molecule has 0 amide bonds. The summed E-state index contributed by atoms with van der Waals surface area (Å²) in [5, 5.41) is 9.80. The normalized spacial score (nSPS) is 10.3. The fourth-order valence-electron chi connectivity index (χ4n) is 1.82. The third-order valence-corrected chi connectivity index (χ3v) is 3.57. The second-order valence-electron chi connectivity index (χ2n) is 3.96. The lowest BCUT2D eigenvalue weighted by atomic mass is 10.1. The lowest BCUT2D eigenvalue weighted by Crippen LogP contribution is -2.14. The fourth-order valence-corrected chi connectivity index (χ4v) is 2.27. The first-order valence-corrected chi connectivity index (χ1v) is 6.28. The van der Waals surface area contributed by atoms with E-state index in [2.05, 4.69) is 0 Å². The van der Waals surface area contributed by atoms with E-state index in [-0.39, 0.29) is 10.6 Å². The Balaban J connectivity index is 2.61. The van der Waals surface area contributed by atoms with Crippen molar-refractivity contribution in [1.29, 1.82) is 0 Å². The first kappa shape index (κ1) is 13.7. The molecule has 0 saturated carbocycles. The van der Waals surface area contributed by atoms with Gasteiger partial charge in [0.05, 0.1) is 21.3 Å². The average Bonchev–Trinajstić information content (AvgIpc) is 2.41. The summed E-state index contributed by atoms with van der Waals surface area (Å²) in [6.45, 7) is 0. The number of hydrogen-bond acceptors (Lipinski definition) is 2. The Morgan fingerprint density at radius 2 is 1.74 bits per heavy atom. The minimum Gasteiger partial charge on any atom is -0.478 e. The van der Waals surface area contributed by atoms with Gasteiger partial charge in [-0.1, -0.05) is 41.4 Å². The highest BCUT2D eigenvalue weighted by Gasteiger charge is 2.20. The molecule has 0 saturated heterocycles. The van der Waals surface area contributed by atoms with Gasteiger partial charge in [0.15, 0.2) is 0 Å². The molecule has 5 heteroatoms. The van der Waals surface area contributed by atoms with Gasteiger partial charge in [-0.15, -0.1) is 0 Å². The van der Waals surface area contributed by atoms with Gasteiger partial charge < -0.3 is 10.0 Å². The quantitative estimate of drug-likeness (QED) is 0.909. The number of para-hydroxylation sites is 1. The zero-order valence-electron chi connectivity index (χ0n) is 10.1. The SMILES string of the molecule is CN(c1ccccc1)c1c(C(=O)O)ccc(Cl)c1Cl. The molecule has 0 atom stereocenters. The van der Waals surface area contributed by atoms with Crippen molar-refractivity contribution in [3.05, 3.63) is 58.1 Å². The van der Waals surface area contributed by atoms with Gasteiger partial charge in [-0.25, -0.2) is 4.79 Å². The van der Waals surface area contributed by atoms with Crippen molar-refractivity contribution in [2.75, 3.05) is 11.9 Å². The van der Waals surface area contributed by atoms with E-state index in [1.165, 1.54) is 12.1 Å². The maximum atomic E-state index is 11.3. The molecule has 2 aromatic carbocycles. The number of rotatable bonds is 3. The van der Waals surface area contributed by atoms with E-state index in [1.54, 1.807) is 11.9 Å². The molecule has 2 aromatic rings. The maximum Gasteiger partial charge on any atom is 0.337 e. The standard InChI is InChI=1S/C14H11Cl2NO2/c1-17(9-5-3-2-4-6-9)13-10(14(18)19)7-8-11(15)12(13)16/h2-8H,1H3,(H,18,19). The number of carbonyl (C=O) groups is 1. The first-order valence-electron chi connectivity index (χ1n) is 5.52. The molecule has 0 heterocycles. The Kier molecular flexibility index (Phi) is 3.98. The van der Waals surface area contributed by atoms with Crippen LogP contribution in [-0.4, -0.2) is 18.1 Å². The van der Waals surface area contributed by atoms with Crippen LogP contribution in [0.1, 0.15) is 10.4 Å². The van der Waals surface area contributed by atoms with Gasteiger partial charge >= 0.3 is 5.97 Å². The van der Waals surface area contributed by atoms with E-state index < -0.39 is 5.97 Å². The topological polar surface area (TPSA) is 40.5 Å². The number of anilines is 2. The molecule has 3 nitrogen and oxygen atoms in total. The van der Waals surface area contributed by atoms with Crippen LogP contribution >= 0.6 is 23.2 Å². The summed E-state index contributed by atoms with van der Waals surface area (Å²) in [4.78, 5) is 13.0. The van der Waals surface area contributed by atoms with Gasteiger partial charge in [-0.05, 0) is 24.3 Å². The van der Waals surface area contributed by atoms with E-state index in [0.29, 0.717) is 10.7 Å². The van der Waals surface area contributed by atoms with Crippen LogP contribution in [0.3, 0.4) is 0 Å². The Labute approximate surface area is 121 Å². The minimum atomic E-state index is -1.05. The molecular formula is C14H11Cl2NO2. The summed E-state index contributed by atoms with van der Waals surface area (Å²) in [7, 11) is 1.75. The molecule has 0 spiro atoms. The smallest absolute Gasteiger partial charge is 0.337 e. The Morgan fingerprint density at radius 3 is 2.32 bits per heavy atom. The lowest BCUT2D eigenvalue weighted by Gasteiger charge is -2.23. The molecule has 0 aliphatic heterocycles. The first-order chi connectivity index (χ1) is 9.02. The van der Waals surface area contributed by atoms with Crippen molar-refractivity contribution in [2.45, 2.75) is 0 Å². The van der Waals surface area contributed by atoms with Crippen molar-refractivity contribution in [3.63, 3.8) is 0 Å². The van der Waals surface area contributed by atoms with Crippen molar-refractivity contribution in [1.82, 2.24) is 0 Å². The van der Waals surface area contributed by atoms with Crippen LogP contribution in [0, 0.1) is 0 Å². The lowest BCUT2D eigenvalue weighted by molar-refractivity contribution is 0.0697. The predicted molar refractivity (Wildman–Crippen MR) is 77.9 cm³/mol. The average molecular weight is 296 g/mol. The molecule has 0 aromatic heterocycles. The highest BCUT2D eigenvalue weighted by Crippen LogP contribution is 2.38. The van der Waals surface area contributed by atoms with Crippen LogP contribution in [0.15, 0.2) is 42.5 Å². The number of aromatic carboxylic acids is 1. The van der Waals surface area contributed by atoms with Crippen LogP contribution in [0.4, 0.5) is 11.4 Å². The van der Waals surface area contributed by atoms with Gasteiger partial charge in [-0.2, -0.15) is 0 Å². The highest BCUT2D eigenvalue weighted by atomic mass is 35.5. The van der Waals surface area contributed by atoms with Crippen molar-refractivity contribution in [3.8, 4) is 0 Å². The molecule has 0 fully saturated rings. The van der Waals surface area contributed by atoms with E-state index in [1.807, 2.05) is 30.3 Å². The molecule has 0 bridgehead atoms. The van der Waals surface area contributed by atoms with Gasteiger partial charge in [-0.3, -0.25) is 0 Å². The van der Waals surface area contributed by atoms with Crippen LogP contribution in [0.2, 0.25) is 10.0 Å². The summed E-state index contributed by atoms with van der Waals surface area (Å²) < 4.78 is 0. The van der Waals surface area contributed by atoms with Crippen molar-refractivity contribution in [2.24, 2.45) is 0 Å². The Morgan fingerprint density at radius 1 is 1.11 bits per heavy atom. The summed E-state index contributed by atoms with van der Waals surface area (Å²) in [6.07, 6.45) is 0. The molecule has 0 unspecified atom stereocenters. The number of nitrogens with zero attached hydrogens (tertiary/aromatic N) is 1. The van der Waals surface area contributed by atoms with Gasteiger partial charge in [0.2, 0.25) is 0 Å². The number of hydrogen-bond donors (Lipinski definition) is 1. The number of benzene rings is 2. The van der Waals surface area contributed by atoms with Crippen LogP contribution in [0.5, 0.6) is 0 Å². The largest absolute Gasteiger partial charge is 0.478 e. The number of carboxylic acid groups (broad SMARTS) is 1. The molecule has 19 heavy (non-hydrogen) atoms. The predicted octanol–water partition coefficient (Wildman–Crippen LogP) is 4.46. The highest BCUT2D eigenvalue weighted by molar-refractivity contribution is 6.44. The maximum absolute atomic E-state index is 11.3. The fraction of sp³-hybridized carbons (Fsp3) is 0.0714. The Bertz CT molecular complexity index is 614. The van der Waals surface area contributed by atoms with Gasteiger partial charge in [0.1, 0.15) is 0 Å². The molecule has 1 N–H and O–H groups in total. The Hall–Kier alpha value is -1.71. The molecular weight excluding hydrogens is 285 g/mol. The van der Waals surface area contributed by atoms with Crippen molar-refractivity contribution >= 4 is 40.5 Å². The number of halogens is 2. The summed E-state index contributed by atoms with van der Waals surface area (Å²) >= 11 is 12.1. The second-order valence-corrected chi connectivity index (χ2v) is 4.74. The number of carboxylic acids is 1. The van der Waals surface area contributed by atoms with Crippen molar-refractivity contribution < 1.29 is 9.90 Å². The molecule has 98 valence electrons. The minimum absolute atomic E-state index is 0.112. The zero-order valence-corrected chi connectivity index (χ0v) is 11.6. The van der Waals surface area contributed by atoms with E-state index in [9.17, 15) is 9.90 Å². The third-order valence-electron chi connectivity index (χ3n) is 2.78. The van der Waals surface area contributed by atoms with E-state index in [4.69, 9.17) is 23.2 Å². The van der Waals surface area contributed by atoms with E-state index >= 15 is 0 Å². The molecule has 0 aliphatic carbocycles. The zero-order chi connectivity index (χ0) is 14.0. The van der Waals surface area contributed by atoms with Crippen LogP contribution in [0.25, 0.3) is 0 Å². The van der Waals surface area contributed by atoms with Crippen LogP contribution in [-0.2, 0) is 0 Å². The van der Waals surface area contributed by atoms with Gasteiger partial charge in [0.25, 0.3) is 0 Å². The third kappa shape index (κ3) is 2.67.